The molecule has 1 heterocycles. The molecule has 0 aliphatic heterocycles. The number of nitrogens with two attached hydrogens (primary N) is 1. The predicted octanol–water partition coefficient (Wildman–Crippen LogP) is 2.14. The van der Waals surface area contributed by atoms with Crippen LogP contribution in [0, 0.1) is 5.82 Å². The lowest BCUT2D eigenvalue weighted by Crippen LogP contribution is -2.11. The number of nitrogens with zero attached hydrogens (tertiary/aromatic N) is 4. The summed E-state index contributed by atoms with van der Waals surface area (Å²) in [5.74, 6) is 0.846. The average Bonchev–Trinajstić information content (AvgIpc) is 2.96. The SMILES string of the molecule is Nc1cccc(OCCn2nnnc2-c2cccc(F)c2)c1. The largest absolute Gasteiger partial charge is 0.492 e. The number of ether oxygens (including phenoxy) is 1. The van der Waals surface area contributed by atoms with Crippen LogP contribution in [0.4, 0.5) is 10.1 Å². The first-order valence-corrected chi connectivity index (χ1v) is 6.73. The molecule has 0 saturated heterocycles. The maximum Gasteiger partial charge on any atom is 0.182 e. The fraction of sp³-hybridized carbons (Fsp3) is 0.133. The van der Waals surface area contributed by atoms with E-state index in [-0.39, 0.29) is 5.82 Å². The van der Waals surface area contributed by atoms with Crippen LogP contribution in [0.3, 0.4) is 0 Å². The minimum Gasteiger partial charge on any atom is -0.492 e. The van der Waals surface area contributed by atoms with Gasteiger partial charge in [-0.25, -0.2) is 9.07 Å². The molecule has 0 atom stereocenters. The first-order chi connectivity index (χ1) is 10.7. The van der Waals surface area contributed by atoms with Gasteiger partial charge in [0.25, 0.3) is 0 Å². The molecule has 0 fully saturated rings. The molecule has 3 rings (SSSR count). The Bertz CT molecular complexity index is 774. The molecule has 6 nitrogen and oxygen atoms in total. The number of hydrogen-bond donors (Lipinski definition) is 1. The summed E-state index contributed by atoms with van der Waals surface area (Å²) in [4.78, 5) is 0. The number of aromatic nitrogens is 4. The van der Waals surface area contributed by atoms with Gasteiger partial charge in [-0.15, -0.1) is 5.10 Å². The number of tetrazole rings is 1. The van der Waals surface area contributed by atoms with Gasteiger partial charge in [-0.05, 0) is 34.7 Å². The normalized spacial score (nSPS) is 10.6. The van der Waals surface area contributed by atoms with Crippen LogP contribution >= 0.6 is 0 Å². The minimum atomic E-state index is -0.330. The van der Waals surface area contributed by atoms with Gasteiger partial charge in [-0.2, -0.15) is 0 Å². The molecule has 0 amide bonds. The molecule has 2 N–H and O–H groups in total. The summed E-state index contributed by atoms with van der Waals surface area (Å²) in [6.07, 6.45) is 0. The molecule has 0 radical (unpaired) electrons. The molecule has 7 heteroatoms. The Labute approximate surface area is 126 Å². The number of nitrogen functional groups attached to an aromatic ring is 1. The van der Waals surface area contributed by atoms with Crippen molar-refractivity contribution in [1.82, 2.24) is 20.2 Å². The van der Waals surface area contributed by atoms with Crippen molar-refractivity contribution in [3.63, 3.8) is 0 Å². The van der Waals surface area contributed by atoms with Crippen molar-refractivity contribution >= 4 is 5.69 Å². The van der Waals surface area contributed by atoms with Crippen molar-refractivity contribution in [3.05, 3.63) is 54.3 Å². The molecular weight excluding hydrogens is 285 g/mol. The van der Waals surface area contributed by atoms with Gasteiger partial charge in [0.1, 0.15) is 18.2 Å². The van der Waals surface area contributed by atoms with Crippen LogP contribution in [0.5, 0.6) is 5.75 Å². The Morgan fingerprint density at radius 3 is 2.82 bits per heavy atom. The van der Waals surface area contributed by atoms with Crippen LogP contribution in [0.2, 0.25) is 0 Å². The highest BCUT2D eigenvalue weighted by molar-refractivity contribution is 5.54. The molecule has 22 heavy (non-hydrogen) atoms. The number of anilines is 1. The molecule has 0 aliphatic carbocycles. The molecule has 0 saturated carbocycles. The van der Waals surface area contributed by atoms with Gasteiger partial charge >= 0.3 is 0 Å². The maximum absolute atomic E-state index is 13.3. The molecule has 3 aromatic rings. The van der Waals surface area contributed by atoms with E-state index in [1.54, 1.807) is 28.9 Å². The summed E-state index contributed by atoms with van der Waals surface area (Å²) in [5, 5.41) is 11.5. The molecule has 0 unspecified atom stereocenters. The molecule has 0 aliphatic rings. The number of rotatable bonds is 5. The molecule has 0 bridgehead atoms. The van der Waals surface area contributed by atoms with E-state index in [9.17, 15) is 4.39 Å². The van der Waals surface area contributed by atoms with E-state index in [0.717, 1.165) is 0 Å². The summed E-state index contributed by atoms with van der Waals surface area (Å²) < 4.78 is 20.5. The number of halogens is 1. The Kier molecular flexibility index (Phi) is 3.95. The molecule has 0 spiro atoms. The Hall–Kier alpha value is -2.96. The summed E-state index contributed by atoms with van der Waals surface area (Å²) in [5.41, 5.74) is 6.94. The van der Waals surface area contributed by atoms with Crippen LogP contribution < -0.4 is 10.5 Å². The van der Waals surface area contributed by atoms with E-state index < -0.39 is 0 Å². The summed E-state index contributed by atoms with van der Waals surface area (Å²) in [7, 11) is 0. The fourth-order valence-corrected chi connectivity index (χ4v) is 2.04. The van der Waals surface area contributed by atoms with Crippen LogP contribution in [-0.4, -0.2) is 26.8 Å². The van der Waals surface area contributed by atoms with E-state index in [1.807, 2.05) is 12.1 Å². The first-order valence-electron chi connectivity index (χ1n) is 6.73. The monoisotopic (exact) mass is 299 g/mol. The maximum atomic E-state index is 13.3. The van der Waals surface area contributed by atoms with Crippen molar-refractivity contribution < 1.29 is 9.13 Å². The Balaban J connectivity index is 1.68. The van der Waals surface area contributed by atoms with Crippen LogP contribution in [-0.2, 0) is 6.54 Å². The predicted molar refractivity (Wildman–Crippen MR) is 79.6 cm³/mol. The smallest absolute Gasteiger partial charge is 0.182 e. The van der Waals surface area contributed by atoms with E-state index in [4.69, 9.17) is 10.5 Å². The summed E-state index contributed by atoms with van der Waals surface area (Å²) in [6, 6.07) is 13.3. The molecule has 112 valence electrons. The van der Waals surface area contributed by atoms with Crippen LogP contribution in [0.1, 0.15) is 0 Å². The first kappa shape index (κ1) is 14.0. The van der Waals surface area contributed by atoms with Gasteiger partial charge in [0.05, 0.1) is 6.54 Å². The zero-order valence-electron chi connectivity index (χ0n) is 11.7. The van der Waals surface area contributed by atoms with Gasteiger partial charge in [-0.3, -0.25) is 0 Å². The summed E-state index contributed by atoms with van der Waals surface area (Å²) >= 11 is 0. The van der Waals surface area contributed by atoms with Crippen molar-refractivity contribution in [2.75, 3.05) is 12.3 Å². The van der Waals surface area contributed by atoms with Gasteiger partial charge < -0.3 is 10.5 Å². The second kappa shape index (κ2) is 6.21. The molecule has 1 aromatic heterocycles. The lowest BCUT2D eigenvalue weighted by atomic mass is 10.2. The third-order valence-electron chi connectivity index (χ3n) is 3.04. The average molecular weight is 299 g/mol. The van der Waals surface area contributed by atoms with Crippen molar-refractivity contribution in [1.29, 1.82) is 0 Å². The van der Waals surface area contributed by atoms with Gasteiger partial charge in [0.2, 0.25) is 0 Å². The Morgan fingerprint density at radius 2 is 2.00 bits per heavy atom. The standard InChI is InChI=1S/C15H14FN5O/c16-12-4-1-3-11(9-12)15-18-19-20-21(15)7-8-22-14-6-2-5-13(17)10-14/h1-6,9-10H,7-8,17H2. The van der Waals surface area contributed by atoms with Gasteiger partial charge in [0.15, 0.2) is 5.82 Å². The van der Waals surface area contributed by atoms with E-state index in [0.29, 0.717) is 36.0 Å². The number of benzene rings is 2. The quantitative estimate of drug-likeness (QED) is 0.730. The van der Waals surface area contributed by atoms with E-state index in [1.165, 1.54) is 12.1 Å². The highest BCUT2D eigenvalue weighted by Gasteiger charge is 2.09. The minimum absolute atomic E-state index is 0.330. The second-order valence-electron chi connectivity index (χ2n) is 4.66. The van der Waals surface area contributed by atoms with Gasteiger partial charge in [0, 0.05) is 17.3 Å². The molecular formula is C15H14FN5O. The fourth-order valence-electron chi connectivity index (χ4n) is 2.04. The zero-order chi connectivity index (χ0) is 15.4. The lowest BCUT2D eigenvalue weighted by Gasteiger charge is -2.08. The highest BCUT2D eigenvalue weighted by atomic mass is 19.1. The third kappa shape index (κ3) is 3.20. The topological polar surface area (TPSA) is 78.9 Å². The lowest BCUT2D eigenvalue weighted by molar-refractivity contribution is 0.291. The van der Waals surface area contributed by atoms with Crippen molar-refractivity contribution in [3.8, 4) is 17.1 Å². The van der Waals surface area contributed by atoms with Gasteiger partial charge in [-0.1, -0.05) is 18.2 Å². The molecule has 2 aromatic carbocycles. The summed E-state index contributed by atoms with van der Waals surface area (Å²) in [6.45, 7) is 0.810. The van der Waals surface area contributed by atoms with Crippen molar-refractivity contribution in [2.24, 2.45) is 0 Å². The highest BCUT2D eigenvalue weighted by Crippen LogP contribution is 2.17. The van der Waals surface area contributed by atoms with E-state index >= 15 is 0 Å². The third-order valence-corrected chi connectivity index (χ3v) is 3.04. The Morgan fingerprint density at radius 1 is 1.14 bits per heavy atom. The van der Waals surface area contributed by atoms with Crippen molar-refractivity contribution in [2.45, 2.75) is 6.54 Å². The zero-order valence-corrected chi connectivity index (χ0v) is 11.7. The second-order valence-corrected chi connectivity index (χ2v) is 4.66. The number of hydrogen-bond acceptors (Lipinski definition) is 5. The van der Waals surface area contributed by atoms with Crippen LogP contribution in [0.25, 0.3) is 11.4 Å². The van der Waals surface area contributed by atoms with E-state index in [2.05, 4.69) is 15.5 Å². The van der Waals surface area contributed by atoms with Crippen LogP contribution in [0.15, 0.2) is 48.5 Å².